The van der Waals surface area contributed by atoms with Gasteiger partial charge in [-0.05, 0) is 40.8 Å². The van der Waals surface area contributed by atoms with Crippen LogP contribution in [0.2, 0.25) is 0 Å². The Kier molecular flexibility index (Phi) is 5.42. The van der Waals surface area contributed by atoms with Crippen LogP contribution < -0.4 is 11.1 Å². The molecule has 0 unspecified atom stereocenters. The molecule has 0 aliphatic heterocycles. The summed E-state index contributed by atoms with van der Waals surface area (Å²) in [4.78, 5) is 20.5. The van der Waals surface area contributed by atoms with E-state index in [1.54, 1.807) is 0 Å². The third-order valence-electron chi connectivity index (χ3n) is 4.06. The summed E-state index contributed by atoms with van der Waals surface area (Å²) in [6.07, 6.45) is 4.29. The van der Waals surface area contributed by atoms with Crippen molar-refractivity contribution in [2.75, 3.05) is 5.73 Å². The lowest BCUT2D eigenvalue weighted by Crippen LogP contribution is -2.41. The minimum Gasteiger partial charge on any atom is -0.382 e. The maximum atomic E-state index is 12.4. The number of ether oxygens (including phenoxy) is 1. The summed E-state index contributed by atoms with van der Waals surface area (Å²) in [6.45, 7) is 0.538. The first-order valence-corrected chi connectivity index (χ1v) is 8.67. The largest absolute Gasteiger partial charge is 0.382 e. The van der Waals surface area contributed by atoms with Gasteiger partial charge in [-0.2, -0.15) is 0 Å². The average Bonchev–Trinajstić information content (AvgIpc) is 3.03. The fraction of sp³-hybridized carbons (Fsp3) is 0.353. The number of hydrogen-bond acceptors (Lipinski definition) is 5. The predicted octanol–water partition coefficient (Wildman–Crippen LogP) is 2.69. The zero-order chi connectivity index (χ0) is 16.9. The lowest BCUT2D eigenvalue weighted by atomic mass is 10.2. The number of aromatic nitrogens is 2. The van der Waals surface area contributed by atoms with Gasteiger partial charge in [0.1, 0.15) is 4.60 Å². The third kappa shape index (κ3) is 4.10. The topological polar surface area (TPSA) is 90.1 Å². The quantitative estimate of drug-likeness (QED) is 0.818. The Morgan fingerprint density at radius 2 is 2.12 bits per heavy atom. The summed E-state index contributed by atoms with van der Waals surface area (Å²) in [6, 6.07) is 9.97. The van der Waals surface area contributed by atoms with Crippen molar-refractivity contribution in [2.24, 2.45) is 0 Å². The highest BCUT2D eigenvalue weighted by molar-refractivity contribution is 9.10. The molecule has 1 aliphatic rings. The third-order valence-corrected chi connectivity index (χ3v) is 4.44. The number of carbonyl (C=O) groups excluding carboxylic acids is 1. The van der Waals surface area contributed by atoms with Gasteiger partial charge in [-0.3, -0.25) is 4.79 Å². The number of nitrogens with two attached hydrogens (primary N) is 1. The molecule has 7 heteroatoms. The second-order valence-electron chi connectivity index (χ2n) is 5.77. The first kappa shape index (κ1) is 16.9. The molecule has 1 aliphatic carbocycles. The van der Waals surface area contributed by atoms with Gasteiger partial charge < -0.3 is 15.8 Å². The van der Waals surface area contributed by atoms with Gasteiger partial charge in [0.2, 0.25) is 0 Å². The van der Waals surface area contributed by atoms with E-state index < -0.39 is 0 Å². The molecule has 2 aromatic rings. The molecule has 6 nitrogen and oxygen atoms in total. The smallest absolute Gasteiger partial charge is 0.274 e. The van der Waals surface area contributed by atoms with E-state index in [9.17, 15) is 4.79 Å². The minimum atomic E-state index is -0.318. The van der Waals surface area contributed by atoms with E-state index in [1.807, 2.05) is 30.3 Å². The predicted molar refractivity (Wildman–Crippen MR) is 94.3 cm³/mol. The Hall–Kier alpha value is -1.99. The molecule has 1 amide bonds. The van der Waals surface area contributed by atoms with Crippen molar-refractivity contribution in [1.82, 2.24) is 15.3 Å². The standard InChI is InChI=1S/C17H19BrN4O2/c18-14-9-20-16(19)15(22-14)17(23)21-12-7-4-8-13(12)24-10-11-5-2-1-3-6-11/h1-3,5-6,9,12-13H,4,7-8,10H2,(H2,19,20)(H,21,23)/t12-,13-/m0/s1. The van der Waals surface area contributed by atoms with Crippen molar-refractivity contribution in [3.05, 3.63) is 52.4 Å². The normalized spacial score (nSPS) is 20.0. The van der Waals surface area contributed by atoms with Crippen LogP contribution in [-0.2, 0) is 11.3 Å². The van der Waals surface area contributed by atoms with E-state index in [0.29, 0.717) is 11.2 Å². The summed E-state index contributed by atoms with van der Waals surface area (Å²) in [5, 5.41) is 2.98. The maximum absolute atomic E-state index is 12.4. The molecule has 2 atom stereocenters. The molecule has 0 radical (unpaired) electrons. The van der Waals surface area contributed by atoms with Crippen LogP contribution in [0.15, 0.2) is 41.1 Å². The number of halogens is 1. The van der Waals surface area contributed by atoms with E-state index in [1.165, 1.54) is 6.20 Å². The summed E-state index contributed by atoms with van der Waals surface area (Å²) < 4.78 is 6.48. The van der Waals surface area contributed by atoms with Gasteiger partial charge in [0.15, 0.2) is 11.5 Å². The summed E-state index contributed by atoms with van der Waals surface area (Å²) in [5.41, 5.74) is 7.01. The Bertz CT molecular complexity index is 711. The van der Waals surface area contributed by atoms with Crippen LogP contribution in [0.25, 0.3) is 0 Å². The fourth-order valence-corrected chi connectivity index (χ4v) is 3.13. The molecule has 1 fully saturated rings. The number of nitrogens with one attached hydrogen (secondary N) is 1. The highest BCUT2D eigenvalue weighted by Crippen LogP contribution is 2.24. The molecule has 0 saturated heterocycles. The molecule has 0 bridgehead atoms. The molecule has 24 heavy (non-hydrogen) atoms. The minimum absolute atomic E-state index is 0.00417. The first-order chi connectivity index (χ1) is 11.6. The summed E-state index contributed by atoms with van der Waals surface area (Å²) >= 11 is 3.21. The number of amides is 1. The van der Waals surface area contributed by atoms with Gasteiger partial charge in [0.05, 0.1) is 24.9 Å². The van der Waals surface area contributed by atoms with E-state index in [4.69, 9.17) is 10.5 Å². The molecule has 0 spiro atoms. The van der Waals surface area contributed by atoms with Crippen molar-refractivity contribution in [3.63, 3.8) is 0 Å². The van der Waals surface area contributed by atoms with Crippen LogP contribution >= 0.6 is 15.9 Å². The number of nitrogen functional groups attached to an aromatic ring is 1. The van der Waals surface area contributed by atoms with Crippen LogP contribution in [0.4, 0.5) is 5.82 Å². The summed E-state index contributed by atoms with van der Waals surface area (Å²) in [7, 11) is 0. The molecular weight excluding hydrogens is 372 g/mol. The van der Waals surface area contributed by atoms with Crippen LogP contribution in [0.1, 0.15) is 35.3 Å². The highest BCUT2D eigenvalue weighted by Gasteiger charge is 2.30. The number of anilines is 1. The summed E-state index contributed by atoms with van der Waals surface area (Å²) in [5.74, 6) is -0.197. The lowest BCUT2D eigenvalue weighted by Gasteiger charge is -2.21. The van der Waals surface area contributed by atoms with Gasteiger partial charge in [-0.1, -0.05) is 30.3 Å². The first-order valence-electron chi connectivity index (χ1n) is 7.88. The lowest BCUT2D eigenvalue weighted by molar-refractivity contribution is 0.0271. The average molecular weight is 391 g/mol. The number of hydrogen-bond donors (Lipinski definition) is 2. The molecule has 1 aromatic heterocycles. The number of rotatable bonds is 5. The van der Waals surface area contributed by atoms with Crippen molar-refractivity contribution >= 4 is 27.7 Å². The molecular formula is C17H19BrN4O2. The highest BCUT2D eigenvalue weighted by atomic mass is 79.9. The van der Waals surface area contributed by atoms with Crippen LogP contribution in [-0.4, -0.2) is 28.0 Å². The van der Waals surface area contributed by atoms with Gasteiger partial charge >= 0.3 is 0 Å². The number of benzene rings is 1. The van der Waals surface area contributed by atoms with Gasteiger partial charge in [0, 0.05) is 0 Å². The van der Waals surface area contributed by atoms with Gasteiger partial charge in [-0.15, -0.1) is 0 Å². The van der Waals surface area contributed by atoms with E-state index in [-0.39, 0.29) is 29.6 Å². The molecule has 3 N–H and O–H groups in total. The van der Waals surface area contributed by atoms with Crippen molar-refractivity contribution in [2.45, 2.75) is 38.0 Å². The number of nitrogens with zero attached hydrogens (tertiary/aromatic N) is 2. The SMILES string of the molecule is Nc1ncc(Br)nc1C(=O)N[C@H]1CCC[C@@H]1OCc1ccccc1. The van der Waals surface area contributed by atoms with Crippen LogP contribution in [0, 0.1) is 0 Å². The van der Waals surface area contributed by atoms with Crippen LogP contribution in [0.3, 0.4) is 0 Å². The zero-order valence-corrected chi connectivity index (χ0v) is 14.7. The van der Waals surface area contributed by atoms with E-state index >= 15 is 0 Å². The fourth-order valence-electron chi connectivity index (χ4n) is 2.85. The Morgan fingerprint density at radius 1 is 1.33 bits per heavy atom. The van der Waals surface area contributed by atoms with Gasteiger partial charge in [-0.25, -0.2) is 9.97 Å². The number of carbonyl (C=O) groups is 1. The molecule has 1 heterocycles. The maximum Gasteiger partial charge on any atom is 0.274 e. The Morgan fingerprint density at radius 3 is 2.92 bits per heavy atom. The second kappa shape index (κ2) is 7.72. The monoisotopic (exact) mass is 390 g/mol. The zero-order valence-electron chi connectivity index (χ0n) is 13.1. The van der Waals surface area contributed by atoms with Crippen LogP contribution in [0.5, 0.6) is 0 Å². The van der Waals surface area contributed by atoms with Gasteiger partial charge in [0.25, 0.3) is 5.91 Å². The second-order valence-corrected chi connectivity index (χ2v) is 6.58. The Balaban J connectivity index is 1.61. The van der Waals surface area contributed by atoms with E-state index in [0.717, 1.165) is 24.8 Å². The Labute approximate surface area is 149 Å². The van der Waals surface area contributed by atoms with Crippen molar-refractivity contribution < 1.29 is 9.53 Å². The molecule has 1 saturated carbocycles. The molecule has 3 rings (SSSR count). The van der Waals surface area contributed by atoms with Crippen molar-refractivity contribution in [3.8, 4) is 0 Å². The van der Waals surface area contributed by atoms with Crippen molar-refractivity contribution in [1.29, 1.82) is 0 Å². The molecule has 126 valence electrons. The van der Waals surface area contributed by atoms with E-state index in [2.05, 4.69) is 31.2 Å². The molecule has 1 aromatic carbocycles.